The predicted octanol–water partition coefficient (Wildman–Crippen LogP) is 6.81. The van der Waals surface area contributed by atoms with E-state index in [4.69, 9.17) is 11.6 Å². The molecule has 0 unspecified atom stereocenters. The maximum atomic E-state index is 13.4. The molecule has 2 aromatic carbocycles. The summed E-state index contributed by atoms with van der Waals surface area (Å²) in [5.41, 5.74) is -1.39. The van der Waals surface area contributed by atoms with Gasteiger partial charge in [-0.25, -0.2) is 4.99 Å². The lowest BCUT2D eigenvalue weighted by Gasteiger charge is -2.26. The quantitative estimate of drug-likeness (QED) is 0.274. The van der Waals surface area contributed by atoms with E-state index in [1.807, 2.05) is 6.92 Å². The molecular weight excluding hydrogens is 444 g/mol. The second-order valence-corrected chi connectivity index (χ2v) is 7.62. The molecule has 10 heteroatoms. The fourth-order valence-electron chi connectivity index (χ4n) is 3.24. The standard InChI is InChI=1S/C21H18ClF6N3/c1-12-6-13(2)18(17(22)7-12)30-19(31-5-3-4-29-11-31)14-8-15(20(23,24)25)10-16(9-14)21(26,27)28/h6-11H,3-5H2,1-2H3. The van der Waals surface area contributed by atoms with Crippen LogP contribution < -0.4 is 0 Å². The first-order valence-electron chi connectivity index (χ1n) is 9.28. The van der Waals surface area contributed by atoms with Crippen molar-refractivity contribution in [3.8, 4) is 0 Å². The van der Waals surface area contributed by atoms with Crippen molar-refractivity contribution < 1.29 is 26.3 Å². The number of aryl methyl sites for hydroxylation is 2. The van der Waals surface area contributed by atoms with Crippen molar-refractivity contribution in [2.45, 2.75) is 32.6 Å². The summed E-state index contributed by atoms with van der Waals surface area (Å²) in [4.78, 5) is 9.95. The highest BCUT2D eigenvalue weighted by atomic mass is 35.5. The maximum Gasteiger partial charge on any atom is 0.416 e. The van der Waals surface area contributed by atoms with Crippen LogP contribution in [0.25, 0.3) is 0 Å². The third kappa shape index (κ3) is 5.39. The molecule has 0 atom stereocenters. The molecule has 0 bridgehead atoms. The highest BCUT2D eigenvalue weighted by molar-refractivity contribution is 6.33. The number of aliphatic imine (C=N–C) groups is 2. The molecule has 3 nitrogen and oxygen atoms in total. The summed E-state index contributed by atoms with van der Waals surface area (Å²) < 4.78 is 80.2. The van der Waals surface area contributed by atoms with E-state index in [9.17, 15) is 26.3 Å². The fraction of sp³-hybridized carbons (Fsp3) is 0.333. The molecule has 31 heavy (non-hydrogen) atoms. The second kappa shape index (κ2) is 8.53. The third-order valence-corrected chi connectivity index (χ3v) is 4.93. The molecule has 1 aliphatic rings. The number of rotatable bonds is 2. The fourth-order valence-corrected chi connectivity index (χ4v) is 3.60. The first-order valence-corrected chi connectivity index (χ1v) is 9.66. The minimum absolute atomic E-state index is 0.0890. The molecule has 2 aromatic rings. The molecule has 3 rings (SSSR count). The molecule has 0 radical (unpaired) electrons. The number of nitrogens with zero attached hydrogens (tertiary/aromatic N) is 3. The summed E-state index contributed by atoms with van der Waals surface area (Å²) in [5.74, 6) is -0.0890. The van der Waals surface area contributed by atoms with E-state index in [1.54, 1.807) is 19.1 Å². The van der Waals surface area contributed by atoms with Crippen molar-refractivity contribution in [3.63, 3.8) is 0 Å². The zero-order valence-electron chi connectivity index (χ0n) is 16.6. The molecule has 0 fully saturated rings. The monoisotopic (exact) mass is 461 g/mol. The highest BCUT2D eigenvalue weighted by Crippen LogP contribution is 2.37. The van der Waals surface area contributed by atoms with E-state index in [0.29, 0.717) is 37.2 Å². The Morgan fingerprint density at radius 2 is 1.58 bits per heavy atom. The van der Waals surface area contributed by atoms with Crippen LogP contribution in [0.3, 0.4) is 0 Å². The Morgan fingerprint density at radius 3 is 2.06 bits per heavy atom. The Labute approximate surface area is 180 Å². The van der Waals surface area contributed by atoms with Crippen molar-refractivity contribution in [1.29, 1.82) is 0 Å². The molecule has 166 valence electrons. The number of alkyl halides is 6. The molecule has 0 spiro atoms. The van der Waals surface area contributed by atoms with Gasteiger partial charge in [0.2, 0.25) is 0 Å². The van der Waals surface area contributed by atoms with Gasteiger partial charge in [0, 0.05) is 18.7 Å². The summed E-state index contributed by atoms with van der Waals surface area (Å²) in [7, 11) is 0. The Hall–Kier alpha value is -2.55. The van der Waals surface area contributed by atoms with Gasteiger partial charge in [-0.1, -0.05) is 17.7 Å². The lowest BCUT2D eigenvalue weighted by molar-refractivity contribution is -0.143. The van der Waals surface area contributed by atoms with Gasteiger partial charge >= 0.3 is 12.4 Å². The van der Waals surface area contributed by atoms with Crippen molar-refractivity contribution in [3.05, 3.63) is 63.2 Å². The van der Waals surface area contributed by atoms with Crippen LogP contribution in [0, 0.1) is 13.8 Å². The van der Waals surface area contributed by atoms with Crippen LogP contribution in [-0.4, -0.2) is 30.2 Å². The van der Waals surface area contributed by atoms with E-state index < -0.39 is 23.5 Å². The van der Waals surface area contributed by atoms with Crippen LogP contribution in [0.4, 0.5) is 32.0 Å². The van der Waals surface area contributed by atoms with E-state index in [0.717, 1.165) is 5.56 Å². The minimum atomic E-state index is -4.96. The average molecular weight is 462 g/mol. The molecule has 0 N–H and O–H groups in total. The Kier molecular flexibility index (Phi) is 6.36. The van der Waals surface area contributed by atoms with E-state index >= 15 is 0 Å². The topological polar surface area (TPSA) is 28.0 Å². The van der Waals surface area contributed by atoms with E-state index in [-0.39, 0.29) is 28.2 Å². The molecule has 0 amide bonds. The van der Waals surface area contributed by atoms with Gasteiger partial charge in [0.1, 0.15) is 5.84 Å². The third-order valence-electron chi connectivity index (χ3n) is 4.64. The van der Waals surface area contributed by atoms with Gasteiger partial charge in [0.05, 0.1) is 28.2 Å². The Morgan fingerprint density at radius 1 is 0.968 bits per heavy atom. The van der Waals surface area contributed by atoms with Crippen LogP contribution in [0.2, 0.25) is 5.02 Å². The van der Waals surface area contributed by atoms with Crippen molar-refractivity contribution in [1.82, 2.24) is 4.90 Å². The van der Waals surface area contributed by atoms with Gasteiger partial charge in [-0.15, -0.1) is 0 Å². The molecule has 1 heterocycles. The van der Waals surface area contributed by atoms with Gasteiger partial charge in [0.15, 0.2) is 0 Å². The molecule has 0 saturated heterocycles. The molecule has 0 aliphatic carbocycles. The number of hydrogen-bond donors (Lipinski definition) is 0. The van der Waals surface area contributed by atoms with Gasteiger partial charge in [0.25, 0.3) is 0 Å². The molecule has 1 aliphatic heterocycles. The lowest BCUT2D eigenvalue weighted by atomic mass is 10.0. The van der Waals surface area contributed by atoms with Gasteiger partial charge in [-0.3, -0.25) is 4.99 Å². The van der Waals surface area contributed by atoms with Crippen LogP contribution in [0.5, 0.6) is 0 Å². The van der Waals surface area contributed by atoms with Crippen molar-refractivity contribution >= 4 is 29.5 Å². The average Bonchev–Trinajstić information content (AvgIpc) is 2.66. The maximum absolute atomic E-state index is 13.4. The first kappa shape index (κ1) is 23.1. The predicted molar refractivity (Wildman–Crippen MR) is 108 cm³/mol. The second-order valence-electron chi connectivity index (χ2n) is 7.21. The summed E-state index contributed by atoms with van der Waals surface area (Å²) in [6.07, 6.45) is -7.99. The van der Waals surface area contributed by atoms with Crippen LogP contribution in [0.1, 0.15) is 34.2 Å². The zero-order valence-corrected chi connectivity index (χ0v) is 17.3. The number of benzene rings is 2. The smallest absolute Gasteiger partial charge is 0.317 e. The van der Waals surface area contributed by atoms with Gasteiger partial charge in [-0.05, 0) is 55.7 Å². The summed E-state index contributed by atoms with van der Waals surface area (Å²) in [6.45, 7) is 4.37. The molecular formula is C21H18ClF6N3. The Balaban J connectivity index is 2.28. The largest absolute Gasteiger partial charge is 0.416 e. The van der Waals surface area contributed by atoms with Crippen LogP contribution >= 0.6 is 11.6 Å². The highest BCUT2D eigenvalue weighted by Gasteiger charge is 2.37. The summed E-state index contributed by atoms with van der Waals surface area (Å²) in [6, 6.07) is 4.82. The first-order chi connectivity index (χ1) is 14.4. The molecule has 0 saturated carbocycles. The zero-order chi connectivity index (χ0) is 23.0. The van der Waals surface area contributed by atoms with E-state index in [1.165, 1.54) is 11.2 Å². The number of amidine groups is 1. The lowest BCUT2D eigenvalue weighted by Crippen LogP contribution is -2.34. The summed E-state index contributed by atoms with van der Waals surface area (Å²) in [5, 5.41) is 0.243. The Bertz CT molecular complexity index is 985. The van der Waals surface area contributed by atoms with E-state index in [2.05, 4.69) is 9.98 Å². The van der Waals surface area contributed by atoms with Crippen LogP contribution in [0.15, 0.2) is 40.3 Å². The van der Waals surface area contributed by atoms with Gasteiger partial charge < -0.3 is 4.90 Å². The van der Waals surface area contributed by atoms with Crippen molar-refractivity contribution in [2.24, 2.45) is 9.98 Å². The van der Waals surface area contributed by atoms with Gasteiger partial charge in [-0.2, -0.15) is 26.3 Å². The summed E-state index contributed by atoms with van der Waals surface area (Å²) >= 11 is 6.29. The minimum Gasteiger partial charge on any atom is -0.317 e. The van der Waals surface area contributed by atoms with Crippen molar-refractivity contribution in [2.75, 3.05) is 13.1 Å². The van der Waals surface area contributed by atoms with Crippen LogP contribution in [-0.2, 0) is 12.4 Å². The number of hydrogen-bond acceptors (Lipinski definition) is 2. The number of halogens is 7. The molecule has 0 aromatic heterocycles. The normalized spacial score (nSPS) is 15.5. The SMILES string of the molecule is Cc1cc(C)c(N=C(c2cc(C(F)(F)F)cc(C(F)(F)F)c2)N2C=NCCC2)c(Cl)c1.